The number of nitrogens with zero attached hydrogens (tertiary/aromatic N) is 2. The van der Waals surface area contributed by atoms with E-state index < -0.39 is 12.1 Å². The van der Waals surface area contributed by atoms with E-state index in [0.717, 1.165) is 24.5 Å². The van der Waals surface area contributed by atoms with E-state index in [1.807, 2.05) is 30.3 Å². The lowest BCUT2D eigenvalue weighted by Gasteiger charge is -2.20. The molecule has 0 saturated heterocycles. The molecule has 2 rings (SSSR count). The Hall–Kier alpha value is -3.02. The Labute approximate surface area is 160 Å². The van der Waals surface area contributed by atoms with Crippen LogP contribution in [0.25, 0.3) is 0 Å². The molecule has 0 heterocycles. The molecule has 144 valence electrons. The number of carboxylic acid groups (broad SMARTS) is 1. The molecule has 0 bridgehead atoms. The van der Waals surface area contributed by atoms with E-state index in [1.54, 1.807) is 18.3 Å². The molecule has 0 amide bonds. The second-order valence-corrected chi connectivity index (χ2v) is 5.92. The maximum Gasteiger partial charge on any atom is 0.344 e. The number of hydrogen-bond donors (Lipinski definition) is 1. The predicted molar refractivity (Wildman–Crippen MR) is 108 cm³/mol. The number of rotatable bonds is 9. The standard InChI is InChI=1S/C21H26N2O4/c1-5-23(6-2)18-12-10-17(11-13-18)22-14-16-8-7-9-19(26-4)20(16)27-15(3)21(24)25/h7-15H,5-6H2,1-4H3,(H,24,25)/t15-/m0/s1. The van der Waals surface area contributed by atoms with Crippen LogP contribution < -0.4 is 14.4 Å². The van der Waals surface area contributed by atoms with Gasteiger partial charge >= 0.3 is 5.97 Å². The number of carbonyl (C=O) groups is 1. The molecule has 0 saturated carbocycles. The molecule has 6 nitrogen and oxygen atoms in total. The average Bonchev–Trinajstić information content (AvgIpc) is 2.68. The summed E-state index contributed by atoms with van der Waals surface area (Å²) in [4.78, 5) is 17.9. The van der Waals surface area contributed by atoms with E-state index in [9.17, 15) is 4.79 Å². The number of aliphatic carboxylic acids is 1. The first kappa shape index (κ1) is 20.3. The third kappa shape index (κ3) is 5.23. The van der Waals surface area contributed by atoms with Crippen LogP contribution in [0.15, 0.2) is 47.5 Å². The quantitative estimate of drug-likeness (QED) is 0.672. The van der Waals surface area contributed by atoms with Gasteiger partial charge in [-0.25, -0.2) is 4.79 Å². The number of ether oxygens (including phenoxy) is 2. The third-order valence-corrected chi connectivity index (χ3v) is 4.20. The highest BCUT2D eigenvalue weighted by atomic mass is 16.5. The number of methoxy groups -OCH3 is 1. The van der Waals surface area contributed by atoms with Crippen molar-refractivity contribution in [2.24, 2.45) is 4.99 Å². The maximum atomic E-state index is 11.1. The molecule has 0 aliphatic rings. The van der Waals surface area contributed by atoms with Gasteiger partial charge < -0.3 is 19.5 Å². The average molecular weight is 370 g/mol. The number of aliphatic imine (C=N–C) groups is 1. The van der Waals surface area contributed by atoms with E-state index in [0.29, 0.717) is 17.1 Å². The molecule has 2 aromatic carbocycles. The summed E-state index contributed by atoms with van der Waals surface area (Å²) in [6.45, 7) is 7.62. The number of carboxylic acids is 1. The van der Waals surface area contributed by atoms with Gasteiger partial charge in [0.1, 0.15) is 0 Å². The minimum Gasteiger partial charge on any atom is -0.493 e. The van der Waals surface area contributed by atoms with Crippen LogP contribution in [0, 0.1) is 0 Å². The van der Waals surface area contributed by atoms with Gasteiger partial charge in [0.05, 0.1) is 12.8 Å². The molecule has 0 aliphatic heterocycles. The van der Waals surface area contributed by atoms with Crippen LogP contribution in [-0.2, 0) is 4.79 Å². The van der Waals surface area contributed by atoms with Gasteiger partial charge in [0, 0.05) is 30.6 Å². The number of hydrogen-bond acceptors (Lipinski definition) is 5. The molecule has 0 aromatic heterocycles. The lowest BCUT2D eigenvalue weighted by molar-refractivity contribution is -0.144. The summed E-state index contributed by atoms with van der Waals surface area (Å²) in [5.74, 6) is -0.224. The zero-order valence-corrected chi connectivity index (χ0v) is 16.2. The van der Waals surface area contributed by atoms with Crippen molar-refractivity contribution in [3.63, 3.8) is 0 Å². The van der Waals surface area contributed by atoms with Crippen LogP contribution in [0.3, 0.4) is 0 Å². The van der Waals surface area contributed by atoms with Crippen LogP contribution in [0.5, 0.6) is 11.5 Å². The monoisotopic (exact) mass is 370 g/mol. The van der Waals surface area contributed by atoms with Gasteiger partial charge in [0.15, 0.2) is 17.6 Å². The van der Waals surface area contributed by atoms with Crippen LogP contribution in [-0.4, -0.2) is 43.6 Å². The van der Waals surface area contributed by atoms with Gasteiger partial charge in [-0.1, -0.05) is 6.07 Å². The van der Waals surface area contributed by atoms with E-state index >= 15 is 0 Å². The normalized spacial score (nSPS) is 12.0. The van der Waals surface area contributed by atoms with E-state index in [1.165, 1.54) is 14.0 Å². The molecule has 1 atom stereocenters. The molecule has 1 N–H and O–H groups in total. The predicted octanol–water partition coefficient (Wildman–Crippen LogP) is 4.14. The Bertz CT molecular complexity index is 783. The first-order chi connectivity index (χ1) is 13.0. The van der Waals surface area contributed by atoms with Crippen molar-refractivity contribution in [2.45, 2.75) is 26.9 Å². The van der Waals surface area contributed by atoms with Crippen LogP contribution in [0.1, 0.15) is 26.3 Å². The second kappa shape index (κ2) is 9.62. The molecule has 0 aliphatic carbocycles. The third-order valence-electron chi connectivity index (χ3n) is 4.20. The van der Waals surface area contributed by atoms with Crippen molar-refractivity contribution in [3.05, 3.63) is 48.0 Å². The van der Waals surface area contributed by atoms with Gasteiger partial charge in [-0.15, -0.1) is 0 Å². The smallest absolute Gasteiger partial charge is 0.344 e. The second-order valence-electron chi connectivity index (χ2n) is 5.92. The van der Waals surface area contributed by atoms with Crippen LogP contribution in [0.2, 0.25) is 0 Å². The zero-order chi connectivity index (χ0) is 19.8. The minimum absolute atomic E-state index is 0.360. The lowest BCUT2D eigenvalue weighted by Crippen LogP contribution is -2.23. The van der Waals surface area contributed by atoms with Crippen molar-refractivity contribution >= 4 is 23.6 Å². The zero-order valence-electron chi connectivity index (χ0n) is 16.2. The van der Waals surface area contributed by atoms with Crippen molar-refractivity contribution in [1.82, 2.24) is 0 Å². The molecule has 0 radical (unpaired) electrons. The van der Waals surface area contributed by atoms with Gasteiger partial charge in [-0.05, 0) is 57.2 Å². The highest BCUT2D eigenvalue weighted by Gasteiger charge is 2.17. The summed E-state index contributed by atoms with van der Waals surface area (Å²) in [5.41, 5.74) is 2.60. The molecular weight excluding hydrogens is 344 g/mol. The molecular formula is C21H26N2O4. The van der Waals surface area contributed by atoms with Crippen LogP contribution >= 0.6 is 0 Å². The number of benzene rings is 2. The summed E-state index contributed by atoms with van der Waals surface area (Å²) in [6, 6.07) is 13.3. The van der Waals surface area contributed by atoms with E-state index in [-0.39, 0.29) is 0 Å². The first-order valence-electron chi connectivity index (χ1n) is 8.95. The highest BCUT2D eigenvalue weighted by molar-refractivity contribution is 5.87. The topological polar surface area (TPSA) is 71.4 Å². The van der Waals surface area contributed by atoms with Gasteiger partial charge in [-0.3, -0.25) is 4.99 Å². The van der Waals surface area contributed by atoms with E-state index in [2.05, 4.69) is 23.7 Å². The molecule has 2 aromatic rings. The van der Waals surface area contributed by atoms with Crippen LogP contribution in [0.4, 0.5) is 11.4 Å². The summed E-state index contributed by atoms with van der Waals surface area (Å²) in [7, 11) is 1.51. The van der Waals surface area contributed by atoms with Crippen molar-refractivity contribution < 1.29 is 19.4 Å². The van der Waals surface area contributed by atoms with E-state index in [4.69, 9.17) is 14.6 Å². The molecule has 0 fully saturated rings. The molecule has 0 spiro atoms. The fraction of sp³-hybridized carbons (Fsp3) is 0.333. The Kier molecular flexibility index (Phi) is 7.23. The number of para-hydroxylation sites is 1. The molecule has 6 heteroatoms. The first-order valence-corrected chi connectivity index (χ1v) is 8.95. The van der Waals surface area contributed by atoms with Gasteiger partial charge in [0.25, 0.3) is 0 Å². The Morgan fingerprint density at radius 2 is 1.85 bits per heavy atom. The fourth-order valence-electron chi connectivity index (χ4n) is 2.63. The van der Waals surface area contributed by atoms with Gasteiger partial charge in [-0.2, -0.15) is 0 Å². The largest absolute Gasteiger partial charge is 0.493 e. The Morgan fingerprint density at radius 3 is 2.41 bits per heavy atom. The fourth-order valence-corrected chi connectivity index (χ4v) is 2.63. The van der Waals surface area contributed by atoms with Crippen molar-refractivity contribution in [1.29, 1.82) is 0 Å². The highest BCUT2D eigenvalue weighted by Crippen LogP contribution is 2.31. The summed E-state index contributed by atoms with van der Waals surface area (Å²) in [6.07, 6.45) is 0.653. The maximum absolute atomic E-state index is 11.1. The van der Waals surface area contributed by atoms with Crippen molar-refractivity contribution in [3.8, 4) is 11.5 Å². The Morgan fingerprint density at radius 1 is 1.19 bits per heavy atom. The minimum atomic E-state index is -1.05. The van der Waals surface area contributed by atoms with Gasteiger partial charge in [0.2, 0.25) is 0 Å². The summed E-state index contributed by atoms with van der Waals surface area (Å²) in [5, 5.41) is 9.11. The molecule has 27 heavy (non-hydrogen) atoms. The summed E-state index contributed by atoms with van der Waals surface area (Å²) < 4.78 is 10.9. The summed E-state index contributed by atoms with van der Waals surface area (Å²) >= 11 is 0. The van der Waals surface area contributed by atoms with Crippen molar-refractivity contribution in [2.75, 3.05) is 25.1 Å². The molecule has 0 unspecified atom stereocenters. The lowest BCUT2D eigenvalue weighted by atomic mass is 10.2. The SMILES string of the molecule is CCN(CC)c1ccc(N=Cc2cccc(OC)c2O[C@@H](C)C(=O)O)cc1. The number of anilines is 1. The Balaban J connectivity index is 2.27.